The number of carbonyl (C=O) groups is 2. The first-order valence-corrected chi connectivity index (χ1v) is 17.3. The topological polar surface area (TPSA) is 96.0 Å². The molecule has 0 aliphatic rings. The minimum absolute atomic E-state index is 0.0374. The Hall–Kier alpha value is -3.21. The fourth-order valence-corrected chi connectivity index (χ4v) is 6.42. The summed E-state index contributed by atoms with van der Waals surface area (Å²) in [6.45, 7) is 7.91. The van der Waals surface area contributed by atoms with Gasteiger partial charge in [-0.15, -0.1) is 11.8 Å². The van der Waals surface area contributed by atoms with Crippen LogP contribution in [0.2, 0.25) is 5.02 Å². The Labute approximate surface area is 264 Å². The highest BCUT2D eigenvalue weighted by atomic mass is 35.5. The van der Waals surface area contributed by atoms with Gasteiger partial charge in [-0.1, -0.05) is 56.6 Å². The molecule has 8 nitrogen and oxygen atoms in total. The highest BCUT2D eigenvalue weighted by molar-refractivity contribution is 7.98. The minimum Gasteiger partial charge on any atom is -0.492 e. The van der Waals surface area contributed by atoms with E-state index in [0.29, 0.717) is 30.3 Å². The predicted molar refractivity (Wildman–Crippen MR) is 174 cm³/mol. The van der Waals surface area contributed by atoms with Crippen molar-refractivity contribution >= 4 is 50.9 Å². The lowest BCUT2D eigenvalue weighted by atomic mass is 10.1. The Balaban J connectivity index is 2.09. The first-order chi connectivity index (χ1) is 20.5. The molecule has 0 spiro atoms. The van der Waals surface area contributed by atoms with Crippen LogP contribution in [-0.2, 0) is 26.2 Å². The van der Waals surface area contributed by atoms with Crippen LogP contribution in [0, 0.1) is 5.92 Å². The van der Waals surface area contributed by atoms with Crippen LogP contribution < -0.4 is 14.4 Å². The summed E-state index contributed by atoms with van der Waals surface area (Å²) in [5.41, 5.74) is 0.986. The number of anilines is 1. The zero-order valence-corrected chi connectivity index (χ0v) is 27.6. The van der Waals surface area contributed by atoms with E-state index in [1.807, 2.05) is 27.0 Å². The second-order valence-electron chi connectivity index (χ2n) is 10.3. The number of sulfonamides is 1. The van der Waals surface area contributed by atoms with Gasteiger partial charge < -0.3 is 15.0 Å². The average molecular weight is 646 g/mol. The number of halogens is 1. The number of hydrogen-bond donors (Lipinski definition) is 1. The third-order valence-corrected chi connectivity index (χ3v) is 9.47. The second kappa shape index (κ2) is 16.0. The summed E-state index contributed by atoms with van der Waals surface area (Å²) >= 11 is 7.59. The molecular formula is C32H40ClN3O5S2. The molecule has 1 N–H and O–H groups in total. The van der Waals surface area contributed by atoms with Gasteiger partial charge in [0.1, 0.15) is 18.3 Å². The van der Waals surface area contributed by atoms with Crippen molar-refractivity contribution in [3.05, 3.63) is 83.4 Å². The molecule has 0 aliphatic heterocycles. The third kappa shape index (κ3) is 9.14. The van der Waals surface area contributed by atoms with E-state index in [1.165, 1.54) is 28.8 Å². The van der Waals surface area contributed by atoms with Crippen molar-refractivity contribution in [2.45, 2.75) is 56.5 Å². The molecule has 0 heterocycles. The molecule has 1 atom stereocenters. The lowest BCUT2D eigenvalue weighted by Crippen LogP contribution is -2.52. The van der Waals surface area contributed by atoms with E-state index in [4.69, 9.17) is 16.3 Å². The van der Waals surface area contributed by atoms with Crippen LogP contribution in [0.25, 0.3) is 0 Å². The monoisotopic (exact) mass is 645 g/mol. The minimum atomic E-state index is -4.22. The summed E-state index contributed by atoms with van der Waals surface area (Å²) in [6, 6.07) is 19.4. The molecule has 3 rings (SSSR count). The van der Waals surface area contributed by atoms with Crippen molar-refractivity contribution < 1.29 is 22.7 Å². The van der Waals surface area contributed by atoms with Gasteiger partial charge in [0.05, 0.1) is 17.2 Å². The molecule has 0 fully saturated rings. The van der Waals surface area contributed by atoms with Gasteiger partial charge in [-0.25, -0.2) is 8.42 Å². The Morgan fingerprint density at radius 1 is 0.977 bits per heavy atom. The van der Waals surface area contributed by atoms with Crippen LogP contribution in [-0.4, -0.2) is 57.1 Å². The molecule has 0 bridgehead atoms. The molecule has 0 aliphatic carbocycles. The van der Waals surface area contributed by atoms with Crippen molar-refractivity contribution in [1.82, 2.24) is 10.2 Å². The number of carbonyl (C=O) groups excluding carboxylic acids is 2. The van der Waals surface area contributed by atoms with Gasteiger partial charge in [-0.3, -0.25) is 13.9 Å². The van der Waals surface area contributed by atoms with Crippen LogP contribution in [0.1, 0.15) is 39.7 Å². The van der Waals surface area contributed by atoms with E-state index in [-0.39, 0.29) is 29.0 Å². The highest BCUT2D eigenvalue weighted by Gasteiger charge is 2.34. The summed E-state index contributed by atoms with van der Waals surface area (Å²) in [5, 5.41) is 3.48. The Morgan fingerprint density at radius 3 is 2.21 bits per heavy atom. The van der Waals surface area contributed by atoms with Crippen molar-refractivity contribution in [2.75, 3.05) is 30.3 Å². The number of para-hydroxylation sites is 2. The average Bonchev–Trinajstić information content (AvgIpc) is 3.00. The molecule has 0 radical (unpaired) electrons. The third-order valence-electron chi connectivity index (χ3n) is 6.70. The SMILES string of the molecule is CCOc1ccccc1N(CC(=O)N(Cc1ccc(Cl)cc1)C(CC)C(=O)NCC(C)C)S(=O)(=O)c1ccc(SC)cc1. The molecule has 0 saturated carbocycles. The fraction of sp³-hybridized carbons (Fsp3) is 0.375. The summed E-state index contributed by atoms with van der Waals surface area (Å²) in [7, 11) is -4.22. The van der Waals surface area contributed by atoms with Gasteiger partial charge >= 0.3 is 0 Å². The van der Waals surface area contributed by atoms with Gasteiger partial charge in [-0.2, -0.15) is 0 Å². The molecule has 0 saturated heterocycles. The summed E-state index contributed by atoms with van der Waals surface area (Å²) in [5.74, 6) is -0.282. The molecule has 2 amide bonds. The van der Waals surface area contributed by atoms with Crippen LogP contribution in [0.5, 0.6) is 5.75 Å². The van der Waals surface area contributed by atoms with E-state index in [9.17, 15) is 18.0 Å². The van der Waals surface area contributed by atoms with Crippen molar-refractivity contribution in [2.24, 2.45) is 5.92 Å². The number of ether oxygens (including phenoxy) is 1. The zero-order chi connectivity index (χ0) is 31.6. The van der Waals surface area contributed by atoms with Crippen LogP contribution >= 0.6 is 23.4 Å². The Bertz CT molecular complexity index is 1470. The molecule has 0 aromatic heterocycles. The van der Waals surface area contributed by atoms with Gasteiger partial charge in [0, 0.05) is 23.0 Å². The molecule has 232 valence electrons. The molecule has 3 aromatic carbocycles. The maximum absolute atomic E-state index is 14.3. The fourth-order valence-electron chi connectivity index (χ4n) is 4.46. The summed E-state index contributed by atoms with van der Waals surface area (Å²) in [4.78, 5) is 30.0. The first kappa shape index (κ1) is 34.3. The Kier molecular flexibility index (Phi) is 12.8. The van der Waals surface area contributed by atoms with Gasteiger partial charge in [0.15, 0.2) is 0 Å². The van der Waals surface area contributed by atoms with E-state index in [0.717, 1.165) is 14.8 Å². The first-order valence-electron chi connectivity index (χ1n) is 14.2. The standard InChI is InChI=1S/C32H40ClN3O5S2/c1-6-28(32(38)34-20-23(3)4)35(21-24-12-14-25(33)15-13-24)31(37)22-36(29-10-8-9-11-30(29)41-7-2)43(39,40)27-18-16-26(42-5)17-19-27/h8-19,23,28H,6-7,20-22H2,1-5H3,(H,34,38). The molecule has 43 heavy (non-hydrogen) atoms. The maximum atomic E-state index is 14.3. The Morgan fingerprint density at radius 2 is 1.63 bits per heavy atom. The quantitative estimate of drug-likeness (QED) is 0.197. The number of hydrogen-bond acceptors (Lipinski definition) is 6. The van der Waals surface area contributed by atoms with E-state index >= 15 is 0 Å². The van der Waals surface area contributed by atoms with Gasteiger partial charge in [0.2, 0.25) is 11.8 Å². The van der Waals surface area contributed by atoms with Gasteiger partial charge in [-0.05, 0) is 79.6 Å². The number of nitrogens with one attached hydrogen (secondary N) is 1. The zero-order valence-electron chi connectivity index (χ0n) is 25.2. The summed E-state index contributed by atoms with van der Waals surface area (Å²) < 4.78 is 35.2. The number of thioether (sulfide) groups is 1. The number of amides is 2. The second-order valence-corrected chi connectivity index (χ2v) is 13.5. The van der Waals surface area contributed by atoms with Crippen molar-refractivity contribution in [3.8, 4) is 5.75 Å². The normalized spacial score (nSPS) is 12.1. The van der Waals surface area contributed by atoms with Crippen molar-refractivity contribution in [1.29, 1.82) is 0 Å². The number of nitrogens with zero attached hydrogens (tertiary/aromatic N) is 2. The van der Waals surface area contributed by atoms with Crippen LogP contribution in [0.3, 0.4) is 0 Å². The molecule has 11 heteroatoms. The number of rotatable bonds is 15. The van der Waals surface area contributed by atoms with Gasteiger partial charge in [0.25, 0.3) is 10.0 Å². The largest absolute Gasteiger partial charge is 0.492 e. The number of benzene rings is 3. The van der Waals surface area contributed by atoms with E-state index in [2.05, 4.69) is 5.32 Å². The molecule has 1 unspecified atom stereocenters. The highest BCUT2D eigenvalue weighted by Crippen LogP contribution is 2.33. The lowest BCUT2D eigenvalue weighted by Gasteiger charge is -2.33. The van der Waals surface area contributed by atoms with Crippen molar-refractivity contribution in [3.63, 3.8) is 0 Å². The van der Waals surface area contributed by atoms with E-state index < -0.39 is 28.5 Å². The predicted octanol–water partition coefficient (Wildman–Crippen LogP) is 6.24. The molecule has 3 aromatic rings. The molecular weight excluding hydrogens is 606 g/mol. The maximum Gasteiger partial charge on any atom is 0.264 e. The smallest absolute Gasteiger partial charge is 0.264 e. The van der Waals surface area contributed by atoms with Crippen LogP contribution in [0.4, 0.5) is 5.69 Å². The summed E-state index contributed by atoms with van der Waals surface area (Å²) in [6.07, 6.45) is 2.24. The lowest BCUT2D eigenvalue weighted by molar-refractivity contribution is -0.140. The van der Waals surface area contributed by atoms with E-state index in [1.54, 1.807) is 67.6 Å². The van der Waals surface area contributed by atoms with Crippen LogP contribution in [0.15, 0.2) is 82.6 Å².